The predicted octanol–water partition coefficient (Wildman–Crippen LogP) is 3.58. The van der Waals surface area contributed by atoms with Crippen LogP contribution in [-0.4, -0.2) is 8.42 Å². The van der Waals surface area contributed by atoms with Gasteiger partial charge >= 0.3 is 10.3 Å². The number of fused-ring (bicyclic) bond motifs is 1. The Labute approximate surface area is 123 Å². The number of hydrogen-bond donors (Lipinski definition) is 1. The normalized spacial score (nSPS) is 11.2. The molecule has 0 fully saturated rings. The lowest BCUT2D eigenvalue weighted by Gasteiger charge is -2.10. The second-order valence-corrected chi connectivity index (χ2v) is 5.76. The number of hydrogen-bond acceptors (Lipinski definition) is 3. The van der Waals surface area contributed by atoms with Crippen LogP contribution in [0.4, 0.5) is 5.69 Å². The highest BCUT2D eigenvalue weighted by Gasteiger charge is 2.14. The van der Waals surface area contributed by atoms with E-state index >= 15 is 0 Å². The molecule has 0 spiro atoms. The van der Waals surface area contributed by atoms with Gasteiger partial charge in [-0.25, -0.2) is 0 Å². The Balaban J connectivity index is 1.91. The number of para-hydroxylation sites is 1. The molecular weight excluding hydrogens is 286 g/mol. The van der Waals surface area contributed by atoms with Crippen molar-refractivity contribution in [3.05, 3.63) is 72.8 Å². The van der Waals surface area contributed by atoms with Crippen LogP contribution < -0.4 is 8.91 Å². The van der Waals surface area contributed by atoms with Crippen molar-refractivity contribution in [1.29, 1.82) is 0 Å². The molecule has 106 valence electrons. The van der Waals surface area contributed by atoms with Crippen molar-refractivity contribution in [2.45, 2.75) is 0 Å². The zero-order valence-electron chi connectivity index (χ0n) is 11.1. The van der Waals surface area contributed by atoms with Crippen molar-refractivity contribution in [2.75, 3.05) is 4.72 Å². The van der Waals surface area contributed by atoms with Gasteiger partial charge in [-0.15, -0.1) is 0 Å². The van der Waals surface area contributed by atoms with Crippen LogP contribution in [0.3, 0.4) is 0 Å². The molecule has 0 aliphatic heterocycles. The first-order valence-corrected chi connectivity index (χ1v) is 7.80. The highest BCUT2D eigenvalue weighted by molar-refractivity contribution is 7.88. The zero-order valence-corrected chi connectivity index (χ0v) is 11.9. The summed E-state index contributed by atoms with van der Waals surface area (Å²) in [5, 5.41) is 1.67. The fourth-order valence-electron chi connectivity index (χ4n) is 2.06. The average Bonchev–Trinajstić information content (AvgIpc) is 2.48. The van der Waals surface area contributed by atoms with Gasteiger partial charge in [0.15, 0.2) is 5.75 Å². The smallest absolute Gasteiger partial charge is 0.366 e. The molecule has 0 atom stereocenters. The van der Waals surface area contributed by atoms with Gasteiger partial charge in [0.2, 0.25) is 0 Å². The summed E-state index contributed by atoms with van der Waals surface area (Å²) < 4.78 is 31.7. The van der Waals surface area contributed by atoms with Gasteiger partial charge in [0.25, 0.3) is 0 Å². The minimum Gasteiger partial charge on any atom is -0.366 e. The molecule has 0 heterocycles. The first kappa shape index (κ1) is 13.5. The van der Waals surface area contributed by atoms with Crippen molar-refractivity contribution in [1.82, 2.24) is 0 Å². The molecule has 3 aromatic rings. The summed E-state index contributed by atoms with van der Waals surface area (Å²) in [5.41, 5.74) is 0.456. The molecule has 0 saturated heterocycles. The first-order chi connectivity index (χ1) is 10.1. The number of rotatable bonds is 4. The largest absolute Gasteiger partial charge is 0.407 e. The Morgan fingerprint density at radius 1 is 0.762 bits per heavy atom. The Morgan fingerprint density at radius 3 is 2.24 bits per heavy atom. The van der Waals surface area contributed by atoms with Crippen LogP contribution in [0.5, 0.6) is 5.75 Å². The summed E-state index contributed by atoms with van der Waals surface area (Å²) in [6.07, 6.45) is 0. The Morgan fingerprint density at radius 2 is 1.43 bits per heavy atom. The topological polar surface area (TPSA) is 55.4 Å². The first-order valence-electron chi connectivity index (χ1n) is 6.39. The van der Waals surface area contributed by atoms with Gasteiger partial charge in [-0.1, -0.05) is 54.6 Å². The molecule has 0 aliphatic rings. The maximum atomic E-state index is 12.1. The van der Waals surface area contributed by atoms with Crippen LogP contribution >= 0.6 is 0 Å². The molecule has 0 aromatic heterocycles. The summed E-state index contributed by atoms with van der Waals surface area (Å²) >= 11 is 0. The quantitative estimate of drug-likeness (QED) is 0.801. The van der Waals surface area contributed by atoms with Gasteiger partial charge in [-0.3, -0.25) is 4.72 Å². The highest BCUT2D eigenvalue weighted by atomic mass is 32.2. The van der Waals surface area contributed by atoms with Gasteiger partial charge < -0.3 is 4.18 Å². The van der Waals surface area contributed by atoms with Gasteiger partial charge in [-0.2, -0.15) is 8.42 Å². The highest BCUT2D eigenvalue weighted by Crippen LogP contribution is 2.26. The van der Waals surface area contributed by atoms with Crippen molar-refractivity contribution < 1.29 is 12.6 Å². The third kappa shape index (κ3) is 3.14. The van der Waals surface area contributed by atoms with E-state index in [-0.39, 0.29) is 0 Å². The van der Waals surface area contributed by atoms with E-state index in [1.807, 2.05) is 36.4 Å². The second-order valence-electron chi connectivity index (χ2n) is 4.48. The third-order valence-electron chi connectivity index (χ3n) is 2.97. The van der Waals surface area contributed by atoms with Crippen LogP contribution in [0.25, 0.3) is 10.8 Å². The zero-order chi connectivity index (χ0) is 14.7. The molecule has 0 amide bonds. The summed E-state index contributed by atoms with van der Waals surface area (Å²) in [6, 6.07) is 21.4. The van der Waals surface area contributed by atoms with Crippen LogP contribution in [-0.2, 0) is 10.3 Å². The van der Waals surface area contributed by atoms with Gasteiger partial charge in [-0.05, 0) is 23.6 Å². The van der Waals surface area contributed by atoms with Crippen molar-refractivity contribution in [3.63, 3.8) is 0 Å². The molecule has 5 heteroatoms. The minimum atomic E-state index is -3.93. The Kier molecular flexibility index (Phi) is 3.50. The van der Waals surface area contributed by atoms with Crippen LogP contribution in [0, 0.1) is 0 Å². The third-order valence-corrected chi connectivity index (χ3v) is 3.85. The maximum absolute atomic E-state index is 12.1. The molecule has 0 aliphatic carbocycles. The van der Waals surface area contributed by atoms with Crippen molar-refractivity contribution >= 4 is 26.8 Å². The lowest BCUT2D eigenvalue weighted by Crippen LogP contribution is -2.19. The van der Waals surface area contributed by atoms with Crippen LogP contribution in [0.2, 0.25) is 0 Å². The fraction of sp³-hybridized carbons (Fsp3) is 0. The van der Waals surface area contributed by atoms with Crippen molar-refractivity contribution in [3.8, 4) is 5.75 Å². The molecule has 3 rings (SSSR count). The van der Waals surface area contributed by atoms with E-state index in [1.54, 1.807) is 36.4 Å². The SMILES string of the molecule is O=S(=O)(Nc1ccccc1)Oc1cccc2ccccc12. The number of nitrogens with one attached hydrogen (secondary N) is 1. The van der Waals surface area contributed by atoms with E-state index in [2.05, 4.69) is 4.72 Å². The van der Waals surface area contributed by atoms with E-state index < -0.39 is 10.3 Å². The monoisotopic (exact) mass is 299 g/mol. The summed E-state index contributed by atoms with van der Waals surface area (Å²) in [6.45, 7) is 0. The van der Waals surface area contributed by atoms with Gasteiger partial charge in [0.1, 0.15) is 0 Å². The summed E-state index contributed by atoms with van der Waals surface area (Å²) in [4.78, 5) is 0. The van der Waals surface area contributed by atoms with Crippen LogP contribution in [0.1, 0.15) is 0 Å². The number of benzene rings is 3. The van der Waals surface area contributed by atoms with E-state index in [0.717, 1.165) is 10.8 Å². The van der Waals surface area contributed by atoms with Gasteiger partial charge in [0.05, 0.1) is 5.69 Å². The van der Waals surface area contributed by atoms with Crippen LogP contribution in [0.15, 0.2) is 72.8 Å². The average molecular weight is 299 g/mol. The Hall–Kier alpha value is -2.53. The predicted molar refractivity (Wildman–Crippen MR) is 83.6 cm³/mol. The maximum Gasteiger partial charge on any atom is 0.407 e. The molecule has 0 unspecified atom stereocenters. The molecule has 4 nitrogen and oxygen atoms in total. The lowest BCUT2D eigenvalue weighted by molar-refractivity contribution is 0.495. The molecule has 21 heavy (non-hydrogen) atoms. The summed E-state index contributed by atoms with van der Waals surface area (Å²) in [5.74, 6) is 0.302. The molecule has 0 saturated carbocycles. The second kappa shape index (κ2) is 5.46. The molecule has 1 N–H and O–H groups in total. The number of anilines is 1. The van der Waals surface area contributed by atoms with Gasteiger partial charge in [0, 0.05) is 5.39 Å². The van der Waals surface area contributed by atoms with E-state index in [1.165, 1.54) is 0 Å². The Bertz CT molecular complexity index is 856. The molecule has 0 bridgehead atoms. The molecule has 0 radical (unpaired) electrons. The minimum absolute atomic E-state index is 0.302. The lowest BCUT2D eigenvalue weighted by atomic mass is 10.1. The van der Waals surface area contributed by atoms with E-state index in [9.17, 15) is 8.42 Å². The van der Waals surface area contributed by atoms with E-state index in [4.69, 9.17) is 4.18 Å². The van der Waals surface area contributed by atoms with E-state index in [0.29, 0.717) is 11.4 Å². The fourth-order valence-corrected chi connectivity index (χ4v) is 2.91. The standard InChI is InChI=1S/C16H13NO3S/c18-21(19,17-14-9-2-1-3-10-14)20-16-12-6-8-13-7-4-5-11-15(13)16/h1-12,17H. The summed E-state index contributed by atoms with van der Waals surface area (Å²) in [7, 11) is -3.93. The molecular formula is C16H13NO3S. The molecule has 3 aromatic carbocycles. The van der Waals surface area contributed by atoms with Crippen molar-refractivity contribution in [2.24, 2.45) is 0 Å².